The summed E-state index contributed by atoms with van der Waals surface area (Å²) >= 11 is 0. The van der Waals surface area contributed by atoms with E-state index in [0.717, 1.165) is 50.1 Å². The van der Waals surface area contributed by atoms with Crippen LogP contribution in [0.15, 0.2) is 33.4 Å². The average Bonchev–Trinajstić information content (AvgIpc) is 3.17. The summed E-state index contributed by atoms with van der Waals surface area (Å²) in [5.41, 5.74) is 0.978. The second kappa shape index (κ2) is 8.36. The van der Waals surface area contributed by atoms with Crippen molar-refractivity contribution in [1.82, 2.24) is 15.4 Å². The fourth-order valence-electron chi connectivity index (χ4n) is 2.85. The van der Waals surface area contributed by atoms with Crippen molar-refractivity contribution in [2.24, 2.45) is 5.92 Å². The molecule has 5 nitrogen and oxygen atoms in total. The van der Waals surface area contributed by atoms with E-state index >= 15 is 0 Å². The lowest BCUT2D eigenvalue weighted by Crippen LogP contribution is -2.36. The van der Waals surface area contributed by atoms with Gasteiger partial charge in [0.1, 0.15) is 0 Å². The first kappa shape index (κ1) is 17.1. The van der Waals surface area contributed by atoms with Crippen molar-refractivity contribution in [3.63, 3.8) is 0 Å². The highest BCUT2D eigenvalue weighted by atomic mass is 35.5. The van der Waals surface area contributed by atoms with E-state index in [-0.39, 0.29) is 12.4 Å². The lowest BCUT2D eigenvalue weighted by atomic mass is 9.96. The van der Waals surface area contributed by atoms with Gasteiger partial charge in [-0.1, -0.05) is 12.1 Å². The van der Waals surface area contributed by atoms with Crippen molar-refractivity contribution in [1.29, 1.82) is 0 Å². The molecule has 0 spiro atoms. The van der Waals surface area contributed by atoms with Crippen LogP contribution in [0.25, 0.3) is 11.5 Å². The molecule has 1 aliphatic heterocycles. The minimum atomic E-state index is 0. The predicted molar refractivity (Wildman–Crippen MR) is 88.0 cm³/mol. The number of aromatic nitrogens is 1. The normalized spacial score (nSPS) is 16.6. The first-order valence-corrected chi connectivity index (χ1v) is 7.77. The monoisotopic (exact) mass is 325 g/mol. The van der Waals surface area contributed by atoms with Gasteiger partial charge in [-0.2, -0.15) is 0 Å². The first-order chi connectivity index (χ1) is 10.3. The second-order valence-electron chi connectivity index (χ2n) is 5.69. The summed E-state index contributed by atoms with van der Waals surface area (Å²) < 4.78 is 10.7. The zero-order chi connectivity index (χ0) is 14.5. The quantitative estimate of drug-likeness (QED) is 0.884. The Morgan fingerprint density at radius 2 is 2.14 bits per heavy atom. The highest BCUT2D eigenvalue weighted by molar-refractivity contribution is 5.85. The van der Waals surface area contributed by atoms with Crippen molar-refractivity contribution in [2.45, 2.75) is 26.3 Å². The lowest BCUT2D eigenvalue weighted by Gasteiger charge is -2.31. The Bertz CT molecular complexity index is 533. The molecular formula is C16H24ClN3O2. The molecule has 2 aromatic heterocycles. The molecule has 0 aromatic carbocycles. The Labute approximate surface area is 137 Å². The zero-order valence-electron chi connectivity index (χ0n) is 13.0. The number of nitrogens with zero attached hydrogens (tertiary/aromatic N) is 2. The summed E-state index contributed by atoms with van der Waals surface area (Å²) in [4.78, 5) is 2.45. The molecule has 122 valence electrons. The number of rotatable bonds is 6. The third-order valence-corrected chi connectivity index (χ3v) is 4.10. The first-order valence-electron chi connectivity index (χ1n) is 7.77. The predicted octanol–water partition coefficient (Wildman–Crippen LogP) is 3.18. The smallest absolute Gasteiger partial charge is 0.202 e. The molecule has 0 bridgehead atoms. The molecule has 0 radical (unpaired) electrons. The van der Waals surface area contributed by atoms with Crippen molar-refractivity contribution >= 4 is 12.4 Å². The Balaban J connectivity index is 0.00000176. The highest BCUT2D eigenvalue weighted by Gasteiger charge is 2.20. The van der Waals surface area contributed by atoms with Gasteiger partial charge in [-0.15, -0.1) is 12.4 Å². The van der Waals surface area contributed by atoms with Crippen LogP contribution in [-0.4, -0.2) is 36.2 Å². The number of likely N-dealkylation sites (tertiary alicyclic amines) is 1. The van der Waals surface area contributed by atoms with E-state index < -0.39 is 0 Å². The Kier molecular flexibility index (Phi) is 6.49. The average molecular weight is 326 g/mol. The molecule has 0 aliphatic carbocycles. The van der Waals surface area contributed by atoms with E-state index in [2.05, 4.69) is 22.3 Å². The standard InChI is InChI=1S/C16H23N3O2.ClH/c1-2-17-11-13-5-7-19(8-6-13)12-14-10-16(21-18-14)15-4-3-9-20-15;/h3-4,9-10,13,17H,2,5-8,11-12H2,1H3;1H. The maximum atomic E-state index is 5.34. The molecule has 1 N–H and O–H groups in total. The number of furan rings is 1. The van der Waals surface area contributed by atoms with E-state index in [1.165, 1.54) is 12.8 Å². The van der Waals surface area contributed by atoms with Gasteiger partial charge in [0.2, 0.25) is 5.76 Å². The summed E-state index contributed by atoms with van der Waals surface area (Å²) in [5.74, 6) is 2.26. The number of piperidine rings is 1. The fraction of sp³-hybridized carbons (Fsp3) is 0.562. The lowest BCUT2D eigenvalue weighted by molar-refractivity contribution is 0.172. The third-order valence-electron chi connectivity index (χ3n) is 4.10. The van der Waals surface area contributed by atoms with Gasteiger partial charge >= 0.3 is 0 Å². The van der Waals surface area contributed by atoms with E-state index in [9.17, 15) is 0 Å². The molecule has 0 atom stereocenters. The Morgan fingerprint density at radius 3 is 2.82 bits per heavy atom. The Hall–Kier alpha value is -1.30. The molecule has 0 amide bonds. The van der Waals surface area contributed by atoms with Crippen molar-refractivity contribution in [3.8, 4) is 11.5 Å². The maximum absolute atomic E-state index is 5.34. The van der Waals surface area contributed by atoms with Crippen LogP contribution in [0.2, 0.25) is 0 Å². The van der Waals surface area contributed by atoms with Gasteiger partial charge in [-0.25, -0.2) is 0 Å². The van der Waals surface area contributed by atoms with Gasteiger partial charge in [-0.3, -0.25) is 4.90 Å². The molecule has 3 rings (SSSR count). The minimum absolute atomic E-state index is 0. The minimum Gasteiger partial charge on any atom is -0.461 e. The van der Waals surface area contributed by atoms with Crippen LogP contribution >= 0.6 is 12.4 Å². The molecule has 0 unspecified atom stereocenters. The van der Waals surface area contributed by atoms with Crippen molar-refractivity contribution in [2.75, 3.05) is 26.2 Å². The zero-order valence-corrected chi connectivity index (χ0v) is 13.8. The number of hydrogen-bond donors (Lipinski definition) is 1. The molecule has 0 saturated carbocycles. The molecule has 2 aromatic rings. The van der Waals surface area contributed by atoms with Gasteiger partial charge < -0.3 is 14.3 Å². The van der Waals surface area contributed by atoms with E-state index in [1.54, 1.807) is 6.26 Å². The van der Waals surface area contributed by atoms with Crippen molar-refractivity contribution in [3.05, 3.63) is 30.2 Å². The van der Waals surface area contributed by atoms with Crippen LogP contribution in [0.5, 0.6) is 0 Å². The largest absolute Gasteiger partial charge is 0.461 e. The van der Waals surface area contributed by atoms with Gasteiger partial charge in [0.05, 0.1) is 12.0 Å². The molecule has 6 heteroatoms. The van der Waals surface area contributed by atoms with Crippen LogP contribution in [0.1, 0.15) is 25.5 Å². The fourth-order valence-corrected chi connectivity index (χ4v) is 2.85. The summed E-state index contributed by atoms with van der Waals surface area (Å²) in [6.07, 6.45) is 4.17. The Morgan fingerprint density at radius 1 is 1.32 bits per heavy atom. The van der Waals surface area contributed by atoms with Crippen LogP contribution in [0.4, 0.5) is 0 Å². The van der Waals surface area contributed by atoms with Gasteiger partial charge in [0, 0.05) is 12.6 Å². The second-order valence-corrected chi connectivity index (χ2v) is 5.69. The van der Waals surface area contributed by atoms with Gasteiger partial charge in [0.25, 0.3) is 0 Å². The topological polar surface area (TPSA) is 54.4 Å². The maximum Gasteiger partial charge on any atom is 0.202 e. The van der Waals surface area contributed by atoms with Crippen LogP contribution in [0.3, 0.4) is 0 Å². The molecule has 1 fully saturated rings. The summed E-state index contributed by atoms with van der Waals surface area (Å²) in [7, 11) is 0. The van der Waals surface area contributed by atoms with Crippen LogP contribution < -0.4 is 5.32 Å². The molecule has 1 saturated heterocycles. The number of halogens is 1. The number of nitrogens with one attached hydrogen (secondary N) is 1. The molecule has 22 heavy (non-hydrogen) atoms. The number of hydrogen-bond acceptors (Lipinski definition) is 5. The van der Waals surface area contributed by atoms with Crippen LogP contribution in [0, 0.1) is 5.92 Å². The summed E-state index contributed by atoms with van der Waals surface area (Å²) in [6, 6.07) is 5.71. The van der Waals surface area contributed by atoms with Gasteiger partial charge in [-0.05, 0) is 57.1 Å². The van der Waals surface area contributed by atoms with E-state index in [0.29, 0.717) is 5.76 Å². The van der Waals surface area contributed by atoms with Crippen molar-refractivity contribution < 1.29 is 8.94 Å². The molecular weight excluding hydrogens is 302 g/mol. The van der Waals surface area contributed by atoms with Gasteiger partial charge in [0.15, 0.2) is 5.76 Å². The van der Waals surface area contributed by atoms with Crippen LogP contribution in [-0.2, 0) is 6.54 Å². The third kappa shape index (κ3) is 4.35. The summed E-state index contributed by atoms with van der Waals surface area (Å²) in [5, 5.41) is 7.59. The molecule has 3 heterocycles. The SMILES string of the molecule is CCNCC1CCN(Cc2cc(-c3ccco3)on2)CC1.Cl. The van der Waals surface area contributed by atoms with E-state index in [1.807, 2.05) is 18.2 Å². The highest BCUT2D eigenvalue weighted by Crippen LogP contribution is 2.23. The summed E-state index contributed by atoms with van der Waals surface area (Å²) in [6.45, 7) is 7.51. The van der Waals surface area contributed by atoms with E-state index in [4.69, 9.17) is 8.94 Å². The molecule has 1 aliphatic rings.